The van der Waals surface area contributed by atoms with Gasteiger partial charge in [0, 0.05) is 18.9 Å². The quantitative estimate of drug-likeness (QED) is 0.778. The first-order chi connectivity index (χ1) is 6.95. The van der Waals surface area contributed by atoms with Crippen LogP contribution in [0.25, 0.3) is 0 Å². The van der Waals surface area contributed by atoms with Gasteiger partial charge in [-0.1, -0.05) is 0 Å². The molecule has 0 aromatic carbocycles. The molecule has 14 heavy (non-hydrogen) atoms. The van der Waals surface area contributed by atoms with Gasteiger partial charge in [0.1, 0.15) is 0 Å². The molecule has 1 atom stereocenters. The first kappa shape index (κ1) is 9.62. The molecule has 1 N–H and O–H groups in total. The Kier molecular flexibility index (Phi) is 3.49. The van der Waals surface area contributed by atoms with Crippen molar-refractivity contribution in [2.75, 3.05) is 19.7 Å². The molecule has 0 bridgehead atoms. The Morgan fingerprint density at radius 1 is 1.43 bits per heavy atom. The molecule has 1 aromatic rings. The fourth-order valence-electron chi connectivity index (χ4n) is 1.68. The lowest BCUT2D eigenvalue weighted by Crippen LogP contribution is -2.13. The van der Waals surface area contributed by atoms with Crippen LogP contribution in [0.5, 0.6) is 0 Å². The second-order valence-corrected chi connectivity index (χ2v) is 3.73. The summed E-state index contributed by atoms with van der Waals surface area (Å²) in [5, 5.41) is 3.33. The van der Waals surface area contributed by atoms with Crippen molar-refractivity contribution in [2.45, 2.75) is 13.0 Å². The van der Waals surface area contributed by atoms with Gasteiger partial charge in [0.25, 0.3) is 0 Å². The Hall–Kier alpha value is -0.930. The van der Waals surface area contributed by atoms with Crippen molar-refractivity contribution in [3.8, 4) is 0 Å². The summed E-state index contributed by atoms with van der Waals surface area (Å²) in [6.07, 6.45) is 4.85. The molecule has 0 saturated carbocycles. The largest absolute Gasteiger partial charge is 0.376 e. The van der Waals surface area contributed by atoms with Crippen molar-refractivity contribution in [3.05, 3.63) is 30.1 Å². The molecule has 2 rings (SSSR count). The molecule has 1 aliphatic heterocycles. The number of ether oxygens (including phenoxy) is 1. The Labute approximate surface area is 84.5 Å². The highest BCUT2D eigenvalue weighted by Gasteiger charge is 2.13. The Morgan fingerprint density at radius 3 is 3.00 bits per heavy atom. The van der Waals surface area contributed by atoms with Gasteiger partial charge in [-0.25, -0.2) is 0 Å². The number of hydrogen-bond acceptors (Lipinski definition) is 3. The molecule has 3 nitrogen and oxygen atoms in total. The third-order valence-corrected chi connectivity index (χ3v) is 2.53. The minimum Gasteiger partial charge on any atom is -0.376 e. The van der Waals surface area contributed by atoms with Gasteiger partial charge in [-0.2, -0.15) is 0 Å². The summed E-state index contributed by atoms with van der Waals surface area (Å²) in [4.78, 5) is 3.97. The van der Waals surface area contributed by atoms with Gasteiger partial charge in [-0.05, 0) is 36.6 Å². The second kappa shape index (κ2) is 5.08. The SMILES string of the molecule is c1cc(COCC2CCNC2)ccn1. The predicted octanol–water partition coefficient (Wildman–Crippen LogP) is 1.21. The molecule has 1 aliphatic rings. The molecule has 1 fully saturated rings. The summed E-state index contributed by atoms with van der Waals surface area (Å²) in [6, 6.07) is 3.99. The van der Waals surface area contributed by atoms with Crippen LogP contribution in [0.2, 0.25) is 0 Å². The van der Waals surface area contributed by atoms with E-state index in [0.29, 0.717) is 12.5 Å². The fourth-order valence-corrected chi connectivity index (χ4v) is 1.68. The number of pyridine rings is 1. The van der Waals surface area contributed by atoms with E-state index in [1.807, 2.05) is 12.1 Å². The average Bonchev–Trinajstić information content (AvgIpc) is 2.72. The molecule has 0 aliphatic carbocycles. The summed E-state index contributed by atoms with van der Waals surface area (Å²) in [6.45, 7) is 3.83. The summed E-state index contributed by atoms with van der Waals surface area (Å²) >= 11 is 0. The Bertz CT molecular complexity index is 257. The molecular formula is C11H16N2O. The van der Waals surface area contributed by atoms with Gasteiger partial charge < -0.3 is 10.1 Å². The minimum absolute atomic E-state index is 0.705. The number of nitrogens with one attached hydrogen (secondary N) is 1. The van der Waals surface area contributed by atoms with Crippen LogP contribution in [0.3, 0.4) is 0 Å². The third kappa shape index (κ3) is 2.79. The van der Waals surface area contributed by atoms with Crippen LogP contribution in [0.1, 0.15) is 12.0 Å². The normalized spacial score (nSPS) is 21.3. The van der Waals surface area contributed by atoms with Crippen LogP contribution in [-0.4, -0.2) is 24.7 Å². The number of rotatable bonds is 4. The second-order valence-electron chi connectivity index (χ2n) is 3.73. The molecule has 1 saturated heterocycles. The maximum absolute atomic E-state index is 5.64. The highest BCUT2D eigenvalue weighted by molar-refractivity contribution is 5.07. The van der Waals surface area contributed by atoms with Crippen molar-refractivity contribution in [3.63, 3.8) is 0 Å². The molecule has 3 heteroatoms. The summed E-state index contributed by atoms with van der Waals surface area (Å²) in [7, 11) is 0. The van der Waals surface area contributed by atoms with Crippen molar-refractivity contribution in [1.82, 2.24) is 10.3 Å². The topological polar surface area (TPSA) is 34.1 Å². The van der Waals surface area contributed by atoms with E-state index in [4.69, 9.17) is 4.74 Å². The van der Waals surface area contributed by atoms with E-state index >= 15 is 0 Å². The zero-order chi connectivity index (χ0) is 9.64. The van der Waals surface area contributed by atoms with Crippen LogP contribution < -0.4 is 5.32 Å². The van der Waals surface area contributed by atoms with Gasteiger partial charge >= 0.3 is 0 Å². The minimum atomic E-state index is 0.705. The average molecular weight is 192 g/mol. The predicted molar refractivity (Wildman–Crippen MR) is 54.9 cm³/mol. The van der Waals surface area contributed by atoms with Crippen molar-refractivity contribution in [2.24, 2.45) is 5.92 Å². The van der Waals surface area contributed by atoms with Gasteiger partial charge in [-0.3, -0.25) is 4.98 Å². The maximum Gasteiger partial charge on any atom is 0.0718 e. The zero-order valence-corrected chi connectivity index (χ0v) is 8.28. The van der Waals surface area contributed by atoms with E-state index in [0.717, 1.165) is 19.7 Å². The summed E-state index contributed by atoms with van der Waals surface area (Å²) in [5.74, 6) is 0.705. The van der Waals surface area contributed by atoms with E-state index in [1.165, 1.54) is 12.0 Å². The first-order valence-electron chi connectivity index (χ1n) is 5.12. The molecule has 2 heterocycles. The monoisotopic (exact) mass is 192 g/mol. The van der Waals surface area contributed by atoms with E-state index in [9.17, 15) is 0 Å². The van der Waals surface area contributed by atoms with Crippen LogP contribution >= 0.6 is 0 Å². The van der Waals surface area contributed by atoms with Crippen LogP contribution in [0.15, 0.2) is 24.5 Å². The highest BCUT2D eigenvalue weighted by Crippen LogP contribution is 2.09. The summed E-state index contributed by atoms with van der Waals surface area (Å²) in [5.41, 5.74) is 1.20. The van der Waals surface area contributed by atoms with Crippen LogP contribution in [-0.2, 0) is 11.3 Å². The number of nitrogens with zero attached hydrogens (tertiary/aromatic N) is 1. The van der Waals surface area contributed by atoms with E-state index in [-0.39, 0.29) is 0 Å². The molecular weight excluding hydrogens is 176 g/mol. The van der Waals surface area contributed by atoms with E-state index < -0.39 is 0 Å². The molecule has 0 spiro atoms. The Morgan fingerprint density at radius 2 is 2.29 bits per heavy atom. The maximum atomic E-state index is 5.64. The fraction of sp³-hybridized carbons (Fsp3) is 0.545. The zero-order valence-electron chi connectivity index (χ0n) is 8.28. The first-order valence-corrected chi connectivity index (χ1v) is 5.12. The lowest BCUT2D eigenvalue weighted by Gasteiger charge is -2.08. The summed E-state index contributed by atoms with van der Waals surface area (Å²) < 4.78 is 5.64. The van der Waals surface area contributed by atoms with Crippen LogP contribution in [0, 0.1) is 5.92 Å². The number of hydrogen-bond donors (Lipinski definition) is 1. The smallest absolute Gasteiger partial charge is 0.0718 e. The van der Waals surface area contributed by atoms with E-state index in [1.54, 1.807) is 12.4 Å². The lowest BCUT2D eigenvalue weighted by molar-refractivity contribution is 0.0924. The third-order valence-electron chi connectivity index (χ3n) is 2.53. The van der Waals surface area contributed by atoms with Crippen molar-refractivity contribution in [1.29, 1.82) is 0 Å². The van der Waals surface area contributed by atoms with Crippen LogP contribution in [0.4, 0.5) is 0 Å². The van der Waals surface area contributed by atoms with E-state index in [2.05, 4.69) is 10.3 Å². The molecule has 76 valence electrons. The lowest BCUT2D eigenvalue weighted by atomic mass is 10.1. The van der Waals surface area contributed by atoms with Gasteiger partial charge in [0.2, 0.25) is 0 Å². The van der Waals surface area contributed by atoms with Gasteiger partial charge in [-0.15, -0.1) is 0 Å². The van der Waals surface area contributed by atoms with Crippen molar-refractivity contribution >= 4 is 0 Å². The van der Waals surface area contributed by atoms with Gasteiger partial charge in [0.15, 0.2) is 0 Å². The molecule has 1 unspecified atom stereocenters. The van der Waals surface area contributed by atoms with Crippen molar-refractivity contribution < 1.29 is 4.74 Å². The Balaban J connectivity index is 1.67. The highest BCUT2D eigenvalue weighted by atomic mass is 16.5. The standard InChI is InChI=1S/C11H16N2O/c1-4-12-5-2-10(1)8-14-9-11-3-6-13-7-11/h1-2,4-5,11,13H,3,6-9H2. The number of aromatic nitrogens is 1. The molecule has 0 radical (unpaired) electrons. The molecule has 0 amide bonds. The molecule has 1 aromatic heterocycles. The van der Waals surface area contributed by atoms with Gasteiger partial charge in [0.05, 0.1) is 13.2 Å².